The van der Waals surface area contributed by atoms with E-state index in [-0.39, 0.29) is 5.91 Å². The third-order valence-corrected chi connectivity index (χ3v) is 1.63. The maximum absolute atomic E-state index is 11.1. The Labute approximate surface area is 72.6 Å². The van der Waals surface area contributed by atoms with Gasteiger partial charge in [-0.15, -0.1) is 0 Å². The molecule has 0 unspecified atom stereocenters. The second-order valence-electron chi connectivity index (χ2n) is 2.77. The Morgan fingerprint density at radius 1 is 1.75 bits per heavy atom. The highest BCUT2D eigenvalue weighted by Crippen LogP contribution is 2.08. The number of nitrogens with zero attached hydrogens (tertiary/aromatic N) is 1. The topological polar surface area (TPSA) is 41.5 Å². The van der Waals surface area contributed by atoms with E-state index >= 15 is 0 Å². The smallest absolute Gasteiger partial charge is 0.226 e. The minimum absolute atomic E-state index is 0.0714. The van der Waals surface area contributed by atoms with Crippen molar-refractivity contribution in [2.75, 3.05) is 6.54 Å². The number of hydrogen-bond donors (Lipinski definition) is 1. The van der Waals surface area contributed by atoms with Crippen LogP contribution in [0, 0.1) is 0 Å². The summed E-state index contributed by atoms with van der Waals surface area (Å²) in [4.78, 5) is 15.2. The summed E-state index contributed by atoms with van der Waals surface area (Å²) < 4.78 is 0. The third kappa shape index (κ3) is 2.86. The Bertz CT molecular complexity index is 219. The molecular formula is C9H14N2O. The van der Waals surface area contributed by atoms with Crippen LogP contribution in [0.1, 0.15) is 26.2 Å². The fourth-order valence-electron chi connectivity index (χ4n) is 1.02. The molecule has 0 aromatic carbocycles. The molecule has 1 aliphatic rings. The van der Waals surface area contributed by atoms with Crippen LogP contribution in [-0.2, 0) is 4.79 Å². The molecule has 0 saturated carbocycles. The molecule has 0 fully saturated rings. The Kier molecular flexibility index (Phi) is 3.51. The van der Waals surface area contributed by atoms with E-state index in [1.54, 1.807) is 0 Å². The van der Waals surface area contributed by atoms with Gasteiger partial charge in [-0.05, 0) is 6.42 Å². The van der Waals surface area contributed by atoms with Crippen LogP contribution in [0.5, 0.6) is 0 Å². The number of rotatable bonds is 4. The van der Waals surface area contributed by atoms with Crippen LogP contribution in [0.2, 0.25) is 0 Å². The molecule has 3 nitrogen and oxygen atoms in total. The normalized spacial score (nSPS) is 14.6. The van der Waals surface area contributed by atoms with Crippen LogP contribution in [0.4, 0.5) is 0 Å². The van der Waals surface area contributed by atoms with Gasteiger partial charge < -0.3 is 5.32 Å². The molecule has 1 amide bonds. The van der Waals surface area contributed by atoms with Crippen LogP contribution >= 0.6 is 0 Å². The number of hydrogen-bond acceptors (Lipinski definition) is 2. The molecule has 0 spiro atoms. The van der Waals surface area contributed by atoms with Crippen molar-refractivity contribution >= 4 is 12.1 Å². The molecular weight excluding hydrogens is 152 g/mol. The van der Waals surface area contributed by atoms with E-state index in [2.05, 4.69) is 10.3 Å². The first-order chi connectivity index (χ1) is 5.83. The monoisotopic (exact) mass is 166 g/mol. The van der Waals surface area contributed by atoms with Crippen molar-refractivity contribution < 1.29 is 4.79 Å². The van der Waals surface area contributed by atoms with Gasteiger partial charge in [0, 0.05) is 24.9 Å². The average Bonchev–Trinajstić information content (AvgIpc) is 2.53. The van der Waals surface area contributed by atoms with Crippen molar-refractivity contribution in [2.24, 2.45) is 4.99 Å². The average molecular weight is 166 g/mol. The molecule has 12 heavy (non-hydrogen) atoms. The lowest BCUT2D eigenvalue weighted by Gasteiger charge is -2.01. The van der Waals surface area contributed by atoms with Gasteiger partial charge in [0.15, 0.2) is 0 Å². The van der Waals surface area contributed by atoms with Gasteiger partial charge in [-0.25, -0.2) is 0 Å². The van der Waals surface area contributed by atoms with Gasteiger partial charge in [0.1, 0.15) is 0 Å². The van der Waals surface area contributed by atoms with Gasteiger partial charge in [-0.1, -0.05) is 13.0 Å². The van der Waals surface area contributed by atoms with Crippen molar-refractivity contribution in [1.82, 2.24) is 5.32 Å². The molecule has 0 radical (unpaired) electrons. The molecule has 0 aromatic heterocycles. The Balaban J connectivity index is 2.21. The largest absolute Gasteiger partial charge is 0.356 e. The summed E-state index contributed by atoms with van der Waals surface area (Å²) >= 11 is 0. The fourth-order valence-corrected chi connectivity index (χ4v) is 1.02. The predicted molar refractivity (Wildman–Crippen MR) is 49.1 cm³/mol. The van der Waals surface area contributed by atoms with Crippen molar-refractivity contribution in [3.8, 4) is 0 Å². The molecule has 1 aliphatic heterocycles. The van der Waals surface area contributed by atoms with E-state index in [0.717, 1.165) is 25.1 Å². The molecule has 3 heteroatoms. The summed E-state index contributed by atoms with van der Waals surface area (Å²) in [6, 6.07) is 0. The molecule has 66 valence electrons. The summed E-state index contributed by atoms with van der Waals surface area (Å²) in [5, 5.41) is 2.81. The quantitative estimate of drug-likeness (QED) is 0.671. The third-order valence-electron chi connectivity index (χ3n) is 1.63. The molecule has 0 bridgehead atoms. The number of amides is 1. The van der Waals surface area contributed by atoms with E-state index < -0.39 is 0 Å². The molecule has 0 atom stereocenters. The first-order valence-corrected chi connectivity index (χ1v) is 4.31. The van der Waals surface area contributed by atoms with Crippen LogP contribution in [0.25, 0.3) is 0 Å². The minimum atomic E-state index is 0.0714. The number of nitrogens with one attached hydrogen (secondary N) is 1. The second-order valence-corrected chi connectivity index (χ2v) is 2.77. The Hall–Kier alpha value is -1.12. The van der Waals surface area contributed by atoms with E-state index in [4.69, 9.17) is 0 Å². The van der Waals surface area contributed by atoms with Crippen molar-refractivity contribution in [3.63, 3.8) is 0 Å². The molecule has 1 rings (SSSR count). The SMILES string of the molecule is CCCNC(=O)CC1=CCC=N1. The molecule has 0 aliphatic carbocycles. The summed E-state index contributed by atoms with van der Waals surface area (Å²) in [5.74, 6) is 0.0714. The van der Waals surface area contributed by atoms with Crippen molar-refractivity contribution in [3.05, 3.63) is 11.8 Å². The maximum atomic E-state index is 11.1. The number of aliphatic imine (C=N–C) groups is 1. The lowest BCUT2D eigenvalue weighted by Crippen LogP contribution is -2.23. The summed E-state index contributed by atoms with van der Waals surface area (Å²) in [5.41, 5.74) is 0.892. The lowest BCUT2D eigenvalue weighted by atomic mass is 10.3. The highest BCUT2D eigenvalue weighted by Gasteiger charge is 2.05. The van der Waals surface area contributed by atoms with Crippen LogP contribution < -0.4 is 5.32 Å². The van der Waals surface area contributed by atoms with Gasteiger partial charge in [0.25, 0.3) is 0 Å². The second kappa shape index (κ2) is 4.70. The van der Waals surface area contributed by atoms with Gasteiger partial charge in [0.2, 0.25) is 5.91 Å². The zero-order valence-corrected chi connectivity index (χ0v) is 7.34. The van der Waals surface area contributed by atoms with Crippen LogP contribution in [-0.4, -0.2) is 18.7 Å². The van der Waals surface area contributed by atoms with Crippen LogP contribution in [0.3, 0.4) is 0 Å². The Morgan fingerprint density at radius 3 is 3.17 bits per heavy atom. The number of allylic oxidation sites excluding steroid dienone is 1. The first kappa shape index (κ1) is 8.97. The van der Waals surface area contributed by atoms with Crippen molar-refractivity contribution in [2.45, 2.75) is 26.2 Å². The highest BCUT2D eigenvalue weighted by atomic mass is 16.1. The zero-order valence-electron chi connectivity index (χ0n) is 7.34. The Morgan fingerprint density at radius 2 is 2.58 bits per heavy atom. The molecule has 0 aromatic rings. The van der Waals surface area contributed by atoms with E-state index in [9.17, 15) is 4.79 Å². The molecule has 0 saturated heterocycles. The van der Waals surface area contributed by atoms with Gasteiger partial charge in [0.05, 0.1) is 6.42 Å². The maximum Gasteiger partial charge on any atom is 0.226 e. The lowest BCUT2D eigenvalue weighted by molar-refractivity contribution is -0.120. The van der Waals surface area contributed by atoms with Gasteiger partial charge in [-0.3, -0.25) is 9.79 Å². The number of carbonyl (C=O) groups is 1. The van der Waals surface area contributed by atoms with E-state index in [0.29, 0.717) is 6.42 Å². The van der Waals surface area contributed by atoms with Gasteiger partial charge in [-0.2, -0.15) is 0 Å². The predicted octanol–water partition coefficient (Wildman–Crippen LogP) is 1.26. The highest BCUT2D eigenvalue weighted by molar-refractivity contribution is 5.80. The van der Waals surface area contributed by atoms with E-state index in [1.165, 1.54) is 0 Å². The minimum Gasteiger partial charge on any atom is -0.356 e. The number of carbonyl (C=O) groups excluding carboxylic acids is 1. The first-order valence-electron chi connectivity index (χ1n) is 4.31. The molecule has 1 heterocycles. The molecule has 1 N–H and O–H groups in total. The standard InChI is InChI=1S/C9H14N2O/c1-2-5-11-9(12)7-8-4-3-6-10-8/h4,6H,2-3,5,7H2,1H3,(H,11,12). The van der Waals surface area contributed by atoms with Crippen molar-refractivity contribution in [1.29, 1.82) is 0 Å². The summed E-state index contributed by atoms with van der Waals surface area (Å²) in [6.07, 6.45) is 6.08. The summed E-state index contributed by atoms with van der Waals surface area (Å²) in [7, 11) is 0. The van der Waals surface area contributed by atoms with Crippen LogP contribution in [0.15, 0.2) is 16.8 Å². The van der Waals surface area contributed by atoms with Gasteiger partial charge >= 0.3 is 0 Å². The zero-order chi connectivity index (χ0) is 8.81. The summed E-state index contributed by atoms with van der Waals surface area (Å²) in [6.45, 7) is 2.79. The fraction of sp³-hybridized carbons (Fsp3) is 0.556. The van der Waals surface area contributed by atoms with E-state index in [1.807, 2.05) is 19.2 Å².